The first-order valence-electron chi connectivity index (χ1n) is 12.8. The van der Waals surface area contributed by atoms with Gasteiger partial charge in [-0.05, 0) is 42.4 Å². The van der Waals surface area contributed by atoms with Crippen LogP contribution in [0, 0.1) is 0 Å². The van der Waals surface area contributed by atoms with E-state index in [0.29, 0.717) is 31.6 Å². The standard InChI is InChI=1S/C28H36N4O5S/c1-38-16-14-21(29)25(33)30-22(17-19-9-4-2-5-10-19)26(34)31-23(18-20-11-6-3-7-12-20)27(35)32-15-8-13-24(32)28(36)37/h2-7,9-12,21-24H,8,13-18,29H2,1H3,(H,30,33)(H,31,34)(H,36,37). The third kappa shape index (κ3) is 8.32. The van der Waals surface area contributed by atoms with Crippen LogP contribution in [-0.4, -0.2) is 76.4 Å². The SMILES string of the molecule is CSCCC(N)C(=O)NC(Cc1ccccc1)C(=O)NC(Cc1ccccc1)C(=O)N1CCCC1C(=O)O. The molecule has 4 unspecified atom stereocenters. The molecule has 3 amide bonds. The molecule has 1 aliphatic rings. The van der Waals surface area contributed by atoms with Crippen LogP contribution in [-0.2, 0) is 32.0 Å². The quantitative estimate of drug-likeness (QED) is 0.302. The molecule has 1 fully saturated rings. The van der Waals surface area contributed by atoms with Gasteiger partial charge in [0.15, 0.2) is 0 Å². The Morgan fingerprint density at radius 3 is 2.05 bits per heavy atom. The number of carbonyl (C=O) groups is 4. The monoisotopic (exact) mass is 540 g/mol. The van der Waals surface area contributed by atoms with Gasteiger partial charge in [0.2, 0.25) is 17.7 Å². The van der Waals surface area contributed by atoms with Gasteiger partial charge in [0, 0.05) is 19.4 Å². The number of hydrogen-bond donors (Lipinski definition) is 4. The highest BCUT2D eigenvalue weighted by atomic mass is 32.2. The van der Waals surface area contributed by atoms with Crippen molar-refractivity contribution >= 4 is 35.5 Å². The third-order valence-electron chi connectivity index (χ3n) is 6.60. The van der Waals surface area contributed by atoms with E-state index in [9.17, 15) is 24.3 Å². The zero-order valence-electron chi connectivity index (χ0n) is 21.5. The number of benzene rings is 2. The lowest BCUT2D eigenvalue weighted by Crippen LogP contribution is -2.58. The lowest BCUT2D eigenvalue weighted by atomic mass is 10.0. The van der Waals surface area contributed by atoms with Crippen molar-refractivity contribution in [3.05, 3.63) is 71.8 Å². The van der Waals surface area contributed by atoms with Crippen molar-refractivity contribution in [3.63, 3.8) is 0 Å². The summed E-state index contributed by atoms with van der Waals surface area (Å²) in [6.07, 6.45) is 3.74. The zero-order chi connectivity index (χ0) is 27.5. The normalized spacial score (nSPS) is 17.3. The highest BCUT2D eigenvalue weighted by Gasteiger charge is 2.38. The molecule has 5 N–H and O–H groups in total. The minimum Gasteiger partial charge on any atom is -0.480 e. The molecule has 2 aromatic carbocycles. The lowest BCUT2D eigenvalue weighted by Gasteiger charge is -2.29. The van der Waals surface area contributed by atoms with E-state index in [1.165, 1.54) is 4.90 Å². The second kappa shape index (κ2) is 14.5. The molecule has 0 saturated carbocycles. The Hall–Kier alpha value is -3.37. The van der Waals surface area contributed by atoms with Crippen LogP contribution in [0.3, 0.4) is 0 Å². The van der Waals surface area contributed by atoms with Crippen molar-refractivity contribution < 1.29 is 24.3 Å². The maximum absolute atomic E-state index is 13.6. The molecular weight excluding hydrogens is 504 g/mol. The third-order valence-corrected chi connectivity index (χ3v) is 7.25. The second-order valence-electron chi connectivity index (χ2n) is 9.42. The van der Waals surface area contributed by atoms with E-state index in [0.717, 1.165) is 11.1 Å². The molecule has 10 heteroatoms. The van der Waals surface area contributed by atoms with Gasteiger partial charge in [-0.15, -0.1) is 0 Å². The predicted molar refractivity (Wildman–Crippen MR) is 147 cm³/mol. The van der Waals surface area contributed by atoms with Gasteiger partial charge < -0.3 is 26.4 Å². The number of carbonyl (C=O) groups excluding carboxylic acids is 3. The summed E-state index contributed by atoms with van der Waals surface area (Å²) in [5, 5.41) is 15.2. The predicted octanol–water partition coefficient (Wildman–Crippen LogP) is 1.60. The summed E-state index contributed by atoms with van der Waals surface area (Å²) in [4.78, 5) is 53.1. The van der Waals surface area contributed by atoms with E-state index < -0.39 is 47.9 Å². The van der Waals surface area contributed by atoms with E-state index >= 15 is 0 Å². The van der Waals surface area contributed by atoms with Gasteiger partial charge in [0.05, 0.1) is 6.04 Å². The van der Waals surface area contributed by atoms with Gasteiger partial charge in [0.25, 0.3) is 0 Å². The van der Waals surface area contributed by atoms with E-state index in [-0.39, 0.29) is 12.8 Å². The van der Waals surface area contributed by atoms with Crippen molar-refractivity contribution in [2.45, 2.75) is 56.3 Å². The molecule has 1 heterocycles. The molecule has 1 aliphatic heterocycles. The molecule has 3 rings (SSSR count). The second-order valence-corrected chi connectivity index (χ2v) is 10.4. The van der Waals surface area contributed by atoms with Crippen LogP contribution in [0.5, 0.6) is 0 Å². The first-order valence-corrected chi connectivity index (χ1v) is 14.2. The van der Waals surface area contributed by atoms with Gasteiger partial charge in [-0.25, -0.2) is 4.79 Å². The number of likely N-dealkylation sites (tertiary alicyclic amines) is 1. The van der Waals surface area contributed by atoms with Crippen LogP contribution >= 0.6 is 11.8 Å². The molecule has 0 radical (unpaired) electrons. The summed E-state index contributed by atoms with van der Waals surface area (Å²) in [5.41, 5.74) is 7.70. The zero-order valence-corrected chi connectivity index (χ0v) is 22.4. The summed E-state index contributed by atoms with van der Waals surface area (Å²) in [5.74, 6) is -1.77. The van der Waals surface area contributed by atoms with Crippen LogP contribution in [0.25, 0.3) is 0 Å². The Morgan fingerprint density at radius 2 is 1.50 bits per heavy atom. The number of carboxylic acid groups (broad SMARTS) is 1. The molecule has 1 saturated heterocycles. The summed E-state index contributed by atoms with van der Waals surface area (Å²) < 4.78 is 0. The van der Waals surface area contributed by atoms with Crippen LogP contribution in [0.2, 0.25) is 0 Å². The molecule has 4 atom stereocenters. The molecular formula is C28H36N4O5S. The Morgan fingerprint density at radius 1 is 0.947 bits per heavy atom. The first-order chi connectivity index (χ1) is 18.3. The Balaban J connectivity index is 1.83. The number of hydrogen-bond acceptors (Lipinski definition) is 6. The molecule has 9 nitrogen and oxygen atoms in total. The summed E-state index contributed by atoms with van der Waals surface area (Å²) >= 11 is 1.58. The van der Waals surface area contributed by atoms with Gasteiger partial charge in [-0.2, -0.15) is 11.8 Å². The fraction of sp³-hybridized carbons (Fsp3) is 0.429. The van der Waals surface area contributed by atoms with Crippen molar-refractivity contribution in [2.24, 2.45) is 5.73 Å². The van der Waals surface area contributed by atoms with Crippen LogP contribution < -0.4 is 16.4 Å². The van der Waals surface area contributed by atoms with E-state index in [1.54, 1.807) is 11.8 Å². The summed E-state index contributed by atoms with van der Waals surface area (Å²) in [7, 11) is 0. The molecule has 204 valence electrons. The number of nitrogens with two attached hydrogens (primary N) is 1. The van der Waals surface area contributed by atoms with Gasteiger partial charge >= 0.3 is 5.97 Å². The average molecular weight is 541 g/mol. The largest absolute Gasteiger partial charge is 0.480 e. The number of amides is 3. The highest BCUT2D eigenvalue weighted by Crippen LogP contribution is 2.20. The minimum atomic E-state index is -1.06. The Labute approximate surface area is 227 Å². The van der Waals surface area contributed by atoms with Crippen molar-refractivity contribution in [1.29, 1.82) is 0 Å². The maximum atomic E-state index is 13.6. The maximum Gasteiger partial charge on any atom is 0.326 e. The van der Waals surface area contributed by atoms with E-state index in [4.69, 9.17) is 5.73 Å². The molecule has 0 bridgehead atoms. The molecule has 0 aliphatic carbocycles. The average Bonchev–Trinajstić information content (AvgIpc) is 3.42. The van der Waals surface area contributed by atoms with Crippen LogP contribution in [0.4, 0.5) is 0 Å². The number of nitrogens with one attached hydrogen (secondary N) is 2. The number of nitrogens with zero attached hydrogens (tertiary/aromatic N) is 1. The van der Waals surface area contributed by atoms with Gasteiger partial charge in [-0.3, -0.25) is 14.4 Å². The fourth-order valence-electron chi connectivity index (χ4n) is 4.52. The van der Waals surface area contributed by atoms with Crippen LogP contribution in [0.15, 0.2) is 60.7 Å². The molecule has 0 spiro atoms. The molecule has 0 aromatic heterocycles. The number of thioether (sulfide) groups is 1. The lowest BCUT2D eigenvalue weighted by molar-refractivity contribution is -0.149. The minimum absolute atomic E-state index is 0.188. The number of carboxylic acids is 1. The Bertz CT molecular complexity index is 1090. The summed E-state index contributed by atoms with van der Waals surface area (Å²) in [6.45, 7) is 0.311. The smallest absolute Gasteiger partial charge is 0.326 e. The topological polar surface area (TPSA) is 142 Å². The fourth-order valence-corrected chi connectivity index (χ4v) is 5.01. The number of aliphatic carboxylic acids is 1. The van der Waals surface area contributed by atoms with E-state index in [1.807, 2.05) is 66.9 Å². The van der Waals surface area contributed by atoms with Gasteiger partial charge in [0.1, 0.15) is 18.1 Å². The van der Waals surface area contributed by atoms with Crippen molar-refractivity contribution in [1.82, 2.24) is 15.5 Å². The first kappa shape index (κ1) is 29.2. The van der Waals surface area contributed by atoms with Gasteiger partial charge in [-0.1, -0.05) is 60.7 Å². The molecule has 2 aromatic rings. The van der Waals surface area contributed by atoms with Crippen molar-refractivity contribution in [2.75, 3.05) is 18.6 Å². The summed E-state index contributed by atoms with van der Waals surface area (Å²) in [6, 6.07) is 14.8. The number of rotatable bonds is 13. The highest BCUT2D eigenvalue weighted by molar-refractivity contribution is 7.98. The Kier molecular flexibility index (Phi) is 11.2. The van der Waals surface area contributed by atoms with E-state index in [2.05, 4.69) is 10.6 Å². The molecule has 38 heavy (non-hydrogen) atoms. The van der Waals surface area contributed by atoms with Crippen LogP contribution in [0.1, 0.15) is 30.4 Å². The van der Waals surface area contributed by atoms with Crippen molar-refractivity contribution in [3.8, 4) is 0 Å².